The molecule has 0 bridgehead atoms. The third kappa shape index (κ3) is 4.33. The largest absolute Gasteiger partial charge is 0.329 e. The Kier molecular flexibility index (Phi) is 6.12. The number of hydrogen-bond donors (Lipinski definition) is 2. The standard InChI is InChI=1S/C14H24N2/c1-3-9-16-14(11-15)10-12(2)13-7-5-4-6-8-13/h4-8,12,14,16H,3,9-11,15H2,1-2H3. The zero-order chi connectivity index (χ0) is 11.8. The van der Waals surface area contributed by atoms with Gasteiger partial charge in [0.15, 0.2) is 0 Å². The van der Waals surface area contributed by atoms with Crippen LogP contribution in [0.5, 0.6) is 0 Å². The normalized spacial score (nSPS) is 14.7. The predicted molar refractivity (Wildman–Crippen MR) is 70.6 cm³/mol. The van der Waals surface area contributed by atoms with Crippen LogP contribution < -0.4 is 11.1 Å². The van der Waals surface area contributed by atoms with Crippen molar-refractivity contribution < 1.29 is 0 Å². The van der Waals surface area contributed by atoms with Crippen molar-refractivity contribution in [1.82, 2.24) is 5.32 Å². The fraction of sp³-hybridized carbons (Fsp3) is 0.571. The van der Waals surface area contributed by atoms with Crippen LogP contribution in [0.15, 0.2) is 30.3 Å². The molecule has 0 radical (unpaired) electrons. The molecule has 2 atom stereocenters. The quantitative estimate of drug-likeness (QED) is 0.741. The highest BCUT2D eigenvalue weighted by Gasteiger charge is 2.12. The Hall–Kier alpha value is -0.860. The molecule has 0 fully saturated rings. The van der Waals surface area contributed by atoms with E-state index < -0.39 is 0 Å². The summed E-state index contributed by atoms with van der Waals surface area (Å²) in [6, 6.07) is 11.1. The monoisotopic (exact) mass is 220 g/mol. The average molecular weight is 220 g/mol. The van der Waals surface area contributed by atoms with Crippen molar-refractivity contribution in [2.75, 3.05) is 13.1 Å². The topological polar surface area (TPSA) is 38.0 Å². The zero-order valence-electron chi connectivity index (χ0n) is 10.4. The van der Waals surface area contributed by atoms with E-state index >= 15 is 0 Å². The van der Waals surface area contributed by atoms with E-state index in [1.807, 2.05) is 0 Å². The highest BCUT2D eigenvalue weighted by Crippen LogP contribution is 2.19. The number of hydrogen-bond acceptors (Lipinski definition) is 2. The number of benzene rings is 1. The summed E-state index contributed by atoms with van der Waals surface area (Å²) in [7, 11) is 0. The fourth-order valence-electron chi connectivity index (χ4n) is 1.96. The van der Waals surface area contributed by atoms with Crippen LogP contribution in [0.1, 0.15) is 38.2 Å². The van der Waals surface area contributed by atoms with Crippen LogP contribution in [0.3, 0.4) is 0 Å². The lowest BCUT2D eigenvalue weighted by Crippen LogP contribution is -2.37. The molecule has 2 nitrogen and oxygen atoms in total. The first-order valence-electron chi connectivity index (χ1n) is 6.26. The zero-order valence-corrected chi connectivity index (χ0v) is 10.4. The fourth-order valence-corrected chi connectivity index (χ4v) is 1.96. The van der Waals surface area contributed by atoms with Crippen molar-refractivity contribution >= 4 is 0 Å². The van der Waals surface area contributed by atoms with Crippen LogP contribution >= 0.6 is 0 Å². The van der Waals surface area contributed by atoms with Crippen LogP contribution in [-0.4, -0.2) is 19.1 Å². The Labute approximate surface area is 99.2 Å². The highest BCUT2D eigenvalue weighted by atomic mass is 14.9. The molecular weight excluding hydrogens is 196 g/mol. The number of nitrogens with one attached hydrogen (secondary N) is 1. The molecule has 16 heavy (non-hydrogen) atoms. The van der Waals surface area contributed by atoms with Gasteiger partial charge >= 0.3 is 0 Å². The van der Waals surface area contributed by atoms with E-state index in [-0.39, 0.29) is 0 Å². The maximum absolute atomic E-state index is 5.78. The van der Waals surface area contributed by atoms with Gasteiger partial charge in [-0.15, -0.1) is 0 Å². The summed E-state index contributed by atoms with van der Waals surface area (Å²) in [5.74, 6) is 0.569. The maximum atomic E-state index is 5.78. The van der Waals surface area contributed by atoms with Crippen LogP contribution in [-0.2, 0) is 0 Å². The molecule has 0 spiro atoms. The summed E-state index contributed by atoms with van der Waals surface area (Å²) in [5.41, 5.74) is 7.18. The third-order valence-electron chi connectivity index (χ3n) is 2.97. The molecule has 0 aromatic heterocycles. The molecule has 90 valence electrons. The Morgan fingerprint density at radius 1 is 1.25 bits per heavy atom. The average Bonchev–Trinajstić information content (AvgIpc) is 2.35. The van der Waals surface area contributed by atoms with Crippen LogP contribution in [0.4, 0.5) is 0 Å². The summed E-state index contributed by atoms with van der Waals surface area (Å²) < 4.78 is 0. The summed E-state index contributed by atoms with van der Waals surface area (Å²) in [6.07, 6.45) is 2.27. The number of nitrogens with two attached hydrogens (primary N) is 1. The van der Waals surface area contributed by atoms with E-state index in [1.165, 1.54) is 5.56 Å². The first-order chi connectivity index (χ1) is 7.77. The molecule has 0 aliphatic rings. The van der Waals surface area contributed by atoms with E-state index in [9.17, 15) is 0 Å². The molecule has 0 saturated heterocycles. The maximum Gasteiger partial charge on any atom is 0.0195 e. The summed E-state index contributed by atoms with van der Waals surface area (Å²) in [6.45, 7) is 6.23. The van der Waals surface area contributed by atoms with Crippen molar-refractivity contribution in [3.63, 3.8) is 0 Å². The van der Waals surface area contributed by atoms with Gasteiger partial charge in [-0.2, -0.15) is 0 Å². The predicted octanol–water partition coefficient (Wildman–Crippen LogP) is 2.51. The van der Waals surface area contributed by atoms with Gasteiger partial charge in [-0.1, -0.05) is 44.2 Å². The summed E-state index contributed by atoms with van der Waals surface area (Å²) >= 11 is 0. The summed E-state index contributed by atoms with van der Waals surface area (Å²) in [4.78, 5) is 0. The second kappa shape index (κ2) is 7.42. The Morgan fingerprint density at radius 2 is 1.94 bits per heavy atom. The molecule has 0 saturated carbocycles. The minimum absolute atomic E-state index is 0.440. The Morgan fingerprint density at radius 3 is 2.50 bits per heavy atom. The van der Waals surface area contributed by atoms with Crippen molar-refractivity contribution in [3.8, 4) is 0 Å². The first kappa shape index (κ1) is 13.2. The molecule has 2 heteroatoms. The van der Waals surface area contributed by atoms with Crippen LogP contribution in [0.25, 0.3) is 0 Å². The van der Waals surface area contributed by atoms with Crippen molar-refractivity contribution in [2.45, 2.75) is 38.6 Å². The number of rotatable bonds is 7. The van der Waals surface area contributed by atoms with E-state index in [0.29, 0.717) is 12.0 Å². The molecule has 0 aliphatic heterocycles. The minimum atomic E-state index is 0.440. The third-order valence-corrected chi connectivity index (χ3v) is 2.97. The minimum Gasteiger partial charge on any atom is -0.329 e. The molecule has 0 amide bonds. The first-order valence-corrected chi connectivity index (χ1v) is 6.26. The van der Waals surface area contributed by atoms with Gasteiger partial charge in [-0.25, -0.2) is 0 Å². The molecule has 1 aromatic rings. The van der Waals surface area contributed by atoms with E-state index in [0.717, 1.165) is 25.9 Å². The van der Waals surface area contributed by atoms with Gasteiger partial charge in [0.25, 0.3) is 0 Å². The second-order valence-electron chi connectivity index (χ2n) is 4.43. The molecule has 1 aromatic carbocycles. The molecular formula is C14H24N2. The molecule has 3 N–H and O–H groups in total. The lowest BCUT2D eigenvalue weighted by molar-refractivity contribution is 0.457. The van der Waals surface area contributed by atoms with Gasteiger partial charge in [0, 0.05) is 12.6 Å². The summed E-state index contributed by atoms with van der Waals surface area (Å²) in [5, 5.41) is 3.49. The SMILES string of the molecule is CCCNC(CN)CC(C)c1ccccc1. The lowest BCUT2D eigenvalue weighted by atomic mass is 9.94. The van der Waals surface area contributed by atoms with Gasteiger partial charge in [-0.05, 0) is 30.9 Å². The van der Waals surface area contributed by atoms with E-state index in [4.69, 9.17) is 5.73 Å². The Balaban J connectivity index is 2.45. The lowest BCUT2D eigenvalue weighted by Gasteiger charge is -2.21. The van der Waals surface area contributed by atoms with Gasteiger partial charge < -0.3 is 11.1 Å². The van der Waals surface area contributed by atoms with Gasteiger partial charge in [-0.3, -0.25) is 0 Å². The van der Waals surface area contributed by atoms with Gasteiger partial charge in [0.1, 0.15) is 0 Å². The molecule has 1 rings (SSSR count). The van der Waals surface area contributed by atoms with Crippen LogP contribution in [0.2, 0.25) is 0 Å². The van der Waals surface area contributed by atoms with Gasteiger partial charge in [0.2, 0.25) is 0 Å². The molecule has 0 aliphatic carbocycles. The smallest absolute Gasteiger partial charge is 0.0195 e. The second-order valence-corrected chi connectivity index (χ2v) is 4.43. The Bertz CT molecular complexity index is 271. The molecule has 0 heterocycles. The van der Waals surface area contributed by atoms with Crippen molar-refractivity contribution in [1.29, 1.82) is 0 Å². The van der Waals surface area contributed by atoms with Crippen molar-refractivity contribution in [2.24, 2.45) is 5.73 Å². The van der Waals surface area contributed by atoms with Gasteiger partial charge in [0.05, 0.1) is 0 Å². The highest BCUT2D eigenvalue weighted by molar-refractivity contribution is 5.18. The van der Waals surface area contributed by atoms with E-state index in [1.54, 1.807) is 0 Å². The van der Waals surface area contributed by atoms with Crippen molar-refractivity contribution in [3.05, 3.63) is 35.9 Å². The van der Waals surface area contributed by atoms with E-state index in [2.05, 4.69) is 49.5 Å². The van der Waals surface area contributed by atoms with Crippen LogP contribution in [0, 0.1) is 0 Å². The molecule has 2 unspecified atom stereocenters.